The van der Waals surface area contributed by atoms with Gasteiger partial charge in [0.05, 0.1) is 12.2 Å². The van der Waals surface area contributed by atoms with Gasteiger partial charge in [-0.1, -0.05) is 43.5 Å². The van der Waals surface area contributed by atoms with Gasteiger partial charge in [-0.3, -0.25) is 4.90 Å². The number of halogens is 3. The Hall–Kier alpha value is -2.01. The van der Waals surface area contributed by atoms with E-state index in [0.717, 1.165) is 44.0 Å². The van der Waals surface area contributed by atoms with Crippen molar-refractivity contribution in [2.45, 2.75) is 57.2 Å². The van der Waals surface area contributed by atoms with Crippen LogP contribution in [0, 0.1) is 5.92 Å². The third kappa shape index (κ3) is 5.00. The lowest BCUT2D eigenvalue weighted by atomic mass is 9.77. The van der Waals surface area contributed by atoms with Gasteiger partial charge in [-0.2, -0.15) is 13.2 Å². The molecule has 0 amide bonds. The van der Waals surface area contributed by atoms with Gasteiger partial charge in [0.15, 0.2) is 0 Å². The van der Waals surface area contributed by atoms with Crippen molar-refractivity contribution in [1.29, 1.82) is 0 Å². The van der Waals surface area contributed by atoms with E-state index in [4.69, 9.17) is 4.74 Å². The highest BCUT2D eigenvalue weighted by Gasteiger charge is 2.34. The van der Waals surface area contributed by atoms with E-state index < -0.39 is 11.7 Å². The molecular weight excluding hydrogens is 387 g/mol. The minimum absolute atomic E-state index is 0.487. The first-order valence-electron chi connectivity index (χ1n) is 11.1. The lowest BCUT2D eigenvalue weighted by molar-refractivity contribution is -0.137. The number of rotatable bonds is 6. The monoisotopic (exact) mass is 417 g/mol. The highest BCUT2D eigenvalue weighted by Crippen LogP contribution is 2.42. The first-order chi connectivity index (χ1) is 14.5. The van der Waals surface area contributed by atoms with Crippen LogP contribution < -0.4 is 4.74 Å². The predicted molar refractivity (Wildman–Crippen MR) is 113 cm³/mol. The highest BCUT2D eigenvalue weighted by molar-refractivity contribution is 5.33. The average Bonchev–Trinajstić information content (AvgIpc) is 2.76. The maximum atomic E-state index is 12.7. The number of alkyl halides is 3. The van der Waals surface area contributed by atoms with Crippen molar-refractivity contribution >= 4 is 0 Å². The Morgan fingerprint density at radius 2 is 1.67 bits per heavy atom. The normalized spacial score (nSPS) is 20.7. The molecule has 30 heavy (non-hydrogen) atoms. The zero-order chi connectivity index (χ0) is 21.0. The second-order valence-corrected chi connectivity index (χ2v) is 8.55. The van der Waals surface area contributed by atoms with E-state index in [1.165, 1.54) is 55.4 Å². The molecule has 1 unspecified atom stereocenters. The summed E-state index contributed by atoms with van der Waals surface area (Å²) in [6.45, 7) is 2.54. The summed E-state index contributed by atoms with van der Waals surface area (Å²) < 4.78 is 43.8. The van der Waals surface area contributed by atoms with Crippen molar-refractivity contribution in [1.82, 2.24) is 4.90 Å². The van der Waals surface area contributed by atoms with Gasteiger partial charge in [-0.05, 0) is 67.0 Å². The zero-order valence-electron chi connectivity index (χ0n) is 17.3. The maximum absolute atomic E-state index is 12.7. The van der Waals surface area contributed by atoms with Crippen molar-refractivity contribution in [2.75, 3.05) is 19.7 Å². The van der Waals surface area contributed by atoms with Gasteiger partial charge < -0.3 is 4.74 Å². The molecule has 1 saturated carbocycles. The lowest BCUT2D eigenvalue weighted by Crippen LogP contribution is -2.40. The third-order valence-electron chi connectivity index (χ3n) is 6.57. The lowest BCUT2D eigenvalue weighted by Gasteiger charge is -2.43. The van der Waals surface area contributed by atoms with Crippen molar-refractivity contribution in [2.24, 2.45) is 5.92 Å². The average molecular weight is 418 g/mol. The third-order valence-corrected chi connectivity index (χ3v) is 6.57. The highest BCUT2D eigenvalue weighted by atomic mass is 19.4. The van der Waals surface area contributed by atoms with Crippen molar-refractivity contribution in [3.8, 4) is 5.75 Å². The molecule has 2 aliphatic rings. The minimum atomic E-state index is -4.31. The van der Waals surface area contributed by atoms with Crippen LogP contribution in [-0.4, -0.2) is 24.6 Å². The predicted octanol–water partition coefficient (Wildman–Crippen LogP) is 6.65. The number of nitrogens with zero attached hydrogens (tertiary/aromatic N) is 1. The molecule has 4 rings (SSSR count). The van der Waals surface area contributed by atoms with Crippen LogP contribution in [0.1, 0.15) is 61.3 Å². The van der Waals surface area contributed by atoms with Gasteiger partial charge in [0.25, 0.3) is 0 Å². The van der Waals surface area contributed by atoms with Crippen molar-refractivity contribution in [3.63, 3.8) is 0 Å². The van der Waals surface area contributed by atoms with Crippen LogP contribution in [0.4, 0.5) is 13.2 Å². The fraction of sp³-hybridized carbons (Fsp3) is 0.520. The summed E-state index contributed by atoms with van der Waals surface area (Å²) in [6, 6.07) is 14.3. The maximum Gasteiger partial charge on any atom is 0.416 e. The fourth-order valence-electron chi connectivity index (χ4n) is 5.10. The van der Waals surface area contributed by atoms with Crippen LogP contribution in [-0.2, 0) is 12.6 Å². The summed E-state index contributed by atoms with van der Waals surface area (Å²) >= 11 is 0. The second kappa shape index (κ2) is 9.42. The molecule has 2 nitrogen and oxygen atoms in total. The van der Waals surface area contributed by atoms with Gasteiger partial charge in [-0.15, -0.1) is 0 Å². The molecule has 1 aliphatic carbocycles. The van der Waals surface area contributed by atoms with Crippen molar-refractivity contribution < 1.29 is 17.9 Å². The molecule has 1 aliphatic heterocycles. The molecule has 1 fully saturated rings. The fourth-order valence-corrected chi connectivity index (χ4v) is 5.10. The zero-order valence-corrected chi connectivity index (χ0v) is 17.3. The Morgan fingerprint density at radius 3 is 2.40 bits per heavy atom. The van der Waals surface area contributed by atoms with Crippen molar-refractivity contribution in [3.05, 3.63) is 65.2 Å². The molecule has 0 aromatic heterocycles. The minimum Gasteiger partial charge on any atom is -0.494 e. The van der Waals surface area contributed by atoms with E-state index in [9.17, 15) is 13.2 Å². The van der Waals surface area contributed by atoms with Gasteiger partial charge >= 0.3 is 6.18 Å². The number of benzene rings is 2. The van der Waals surface area contributed by atoms with Crippen LogP contribution in [0.2, 0.25) is 0 Å². The molecule has 1 atom stereocenters. The molecule has 162 valence electrons. The molecule has 1 heterocycles. The first kappa shape index (κ1) is 21.2. The summed E-state index contributed by atoms with van der Waals surface area (Å²) in [5, 5.41) is 0. The van der Waals surface area contributed by atoms with Crippen LogP contribution in [0.5, 0.6) is 5.75 Å². The first-order valence-corrected chi connectivity index (χ1v) is 11.1. The van der Waals surface area contributed by atoms with E-state index in [1.54, 1.807) is 0 Å². The Morgan fingerprint density at radius 1 is 0.933 bits per heavy atom. The van der Waals surface area contributed by atoms with Crippen LogP contribution in [0.15, 0.2) is 48.5 Å². The van der Waals surface area contributed by atoms with E-state index in [1.807, 2.05) is 0 Å². The van der Waals surface area contributed by atoms with Gasteiger partial charge in [0.2, 0.25) is 0 Å². The van der Waals surface area contributed by atoms with E-state index >= 15 is 0 Å². The quantitative estimate of drug-likeness (QED) is 0.488. The number of fused-ring (bicyclic) bond motifs is 1. The Bertz CT molecular complexity index is 812. The molecule has 5 heteroatoms. The van der Waals surface area contributed by atoms with E-state index in [-0.39, 0.29) is 0 Å². The summed E-state index contributed by atoms with van der Waals surface area (Å²) in [6.07, 6.45) is 4.26. The molecule has 0 bridgehead atoms. The Kier molecular flexibility index (Phi) is 6.67. The van der Waals surface area contributed by atoms with Gasteiger partial charge in [0.1, 0.15) is 5.75 Å². The molecule has 2 aromatic rings. The SMILES string of the molecule is FC(F)(F)c1ccc(OCCCN2CCc3ccccc3C2C2CCCCC2)cc1. The van der Waals surface area contributed by atoms with E-state index in [2.05, 4.69) is 29.2 Å². The summed E-state index contributed by atoms with van der Waals surface area (Å²) in [5.74, 6) is 1.21. The van der Waals surface area contributed by atoms with Crippen LogP contribution >= 0.6 is 0 Å². The molecule has 0 radical (unpaired) electrons. The van der Waals surface area contributed by atoms with Crippen LogP contribution in [0.25, 0.3) is 0 Å². The molecule has 0 saturated heterocycles. The standard InChI is InChI=1S/C25H30F3NO/c26-25(27,28)21-11-13-22(14-12-21)30-18-6-16-29-17-15-19-7-4-5-10-23(19)24(29)20-8-2-1-3-9-20/h4-5,7,10-14,20,24H,1-3,6,8-9,15-18H2. The van der Waals surface area contributed by atoms with Gasteiger partial charge in [-0.25, -0.2) is 0 Å². The summed E-state index contributed by atoms with van der Waals surface area (Å²) in [7, 11) is 0. The molecule has 0 spiro atoms. The summed E-state index contributed by atoms with van der Waals surface area (Å²) in [4.78, 5) is 2.62. The molecule has 0 N–H and O–H groups in total. The smallest absolute Gasteiger partial charge is 0.416 e. The molecule has 2 aromatic carbocycles. The summed E-state index contributed by atoms with van der Waals surface area (Å²) in [5.41, 5.74) is 2.35. The Balaban J connectivity index is 1.35. The topological polar surface area (TPSA) is 12.5 Å². The van der Waals surface area contributed by atoms with Gasteiger partial charge in [0, 0.05) is 19.1 Å². The number of hydrogen-bond donors (Lipinski definition) is 0. The number of hydrogen-bond acceptors (Lipinski definition) is 2. The van der Waals surface area contributed by atoms with Crippen LogP contribution in [0.3, 0.4) is 0 Å². The Labute approximate surface area is 177 Å². The van der Waals surface area contributed by atoms with E-state index in [0.29, 0.717) is 18.4 Å². The largest absolute Gasteiger partial charge is 0.494 e. The number of ether oxygens (including phenoxy) is 1. The molecular formula is C25H30F3NO. The second-order valence-electron chi connectivity index (χ2n) is 8.55.